The Kier molecular flexibility index (Phi) is 3.43. The smallest absolute Gasteiger partial charge is 0.377 e. The van der Waals surface area contributed by atoms with Crippen molar-refractivity contribution < 1.29 is 13.9 Å². The number of nitrogens with zero attached hydrogens (tertiary/aromatic N) is 2. The maximum Gasteiger partial charge on any atom is 0.377 e. The van der Waals surface area contributed by atoms with Gasteiger partial charge in [-0.2, -0.15) is 4.37 Å². The lowest BCUT2D eigenvalue weighted by molar-refractivity contribution is 0.0514. The van der Waals surface area contributed by atoms with Crippen molar-refractivity contribution in [2.24, 2.45) is 0 Å². The van der Waals surface area contributed by atoms with Gasteiger partial charge in [0, 0.05) is 5.56 Å². The number of hydrogen-bond donors (Lipinski definition) is 0. The molecule has 6 heteroatoms. The molecule has 0 amide bonds. The summed E-state index contributed by atoms with van der Waals surface area (Å²) in [4.78, 5) is 15.4. The van der Waals surface area contributed by atoms with Crippen molar-refractivity contribution in [3.63, 3.8) is 0 Å². The van der Waals surface area contributed by atoms with Crippen LogP contribution in [0.5, 0.6) is 0 Å². The summed E-state index contributed by atoms with van der Waals surface area (Å²) in [5.41, 5.74) is 0.722. The molecule has 0 fully saturated rings. The van der Waals surface area contributed by atoms with Gasteiger partial charge in [-0.1, -0.05) is 0 Å². The van der Waals surface area contributed by atoms with Crippen LogP contribution < -0.4 is 0 Å². The highest BCUT2D eigenvalue weighted by molar-refractivity contribution is 7.09. The van der Waals surface area contributed by atoms with Crippen LogP contribution in [0.25, 0.3) is 10.6 Å². The van der Waals surface area contributed by atoms with Crippen LogP contribution >= 0.6 is 11.5 Å². The molecule has 4 nitrogen and oxygen atoms in total. The predicted octanol–water partition coefficient (Wildman–Crippen LogP) is 2.52. The monoisotopic (exact) mass is 252 g/mol. The molecule has 88 valence electrons. The molecule has 0 radical (unpaired) electrons. The topological polar surface area (TPSA) is 52.1 Å². The van der Waals surface area contributed by atoms with E-state index in [0.29, 0.717) is 5.01 Å². The largest absolute Gasteiger partial charge is 0.460 e. The summed E-state index contributed by atoms with van der Waals surface area (Å²) in [7, 11) is 0. The van der Waals surface area contributed by atoms with Crippen molar-refractivity contribution in [1.82, 2.24) is 9.36 Å². The summed E-state index contributed by atoms with van der Waals surface area (Å²) in [5, 5.41) is 0.563. The van der Waals surface area contributed by atoms with E-state index in [2.05, 4.69) is 9.36 Å². The zero-order valence-corrected chi connectivity index (χ0v) is 9.83. The minimum absolute atomic E-state index is 0.0381. The highest BCUT2D eigenvalue weighted by Gasteiger charge is 2.14. The fourth-order valence-corrected chi connectivity index (χ4v) is 1.87. The Morgan fingerprint density at radius 3 is 2.76 bits per heavy atom. The minimum Gasteiger partial charge on any atom is -0.460 e. The van der Waals surface area contributed by atoms with Gasteiger partial charge in [0.15, 0.2) is 0 Å². The second kappa shape index (κ2) is 5.01. The highest BCUT2D eigenvalue weighted by atomic mass is 32.1. The Morgan fingerprint density at radius 1 is 1.41 bits per heavy atom. The average molecular weight is 252 g/mol. The molecule has 0 unspecified atom stereocenters. The third kappa shape index (κ3) is 2.65. The number of carbonyl (C=O) groups excluding carboxylic acids is 1. The van der Waals surface area contributed by atoms with Crippen LogP contribution in [0.1, 0.15) is 17.5 Å². The molecule has 1 aromatic carbocycles. The van der Waals surface area contributed by atoms with Crippen molar-refractivity contribution >= 4 is 17.5 Å². The molecule has 0 saturated heterocycles. The van der Waals surface area contributed by atoms with Gasteiger partial charge in [0.1, 0.15) is 10.8 Å². The minimum atomic E-state index is -0.544. The maximum absolute atomic E-state index is 12.7. The predicted molar refractivity (Wildman–Crippen MR) is 61.3 cm³/mol. The van der Waals surface area contributed by atoms with Crippen LogP contribution in [0.15, 0.2) is 24.3 Å². The number of carbonyl (C=O) groups is 1. The molecular weight excluding hydrogens is 243 g/mol. The maximum atomic E-state index is 12.7. The van der Waals surface area contributed by atoms with E-state index in [-0.39, 0.29) is 18.2 Å². The molecule has 0 bridgehead atoms. The summed E-state index contributed by atoms with van der Waals surface area (Å²) in [6.45, 7) is 2.00. The normalized spacial score (nSPS) is 10.2. The fraction of sp³-hybridized carbons (Fsp3) is 0.182. The Bertz CT molecular complexity index is 525. The van der Waals surface area contributed by atoms with E-state index in [1.807, 2.05) is 0 Å². The summed E-state index contributed by atoms with van der Waals surface area (Å²) in [6, 6.07) is 5.84. The second-order valence-electron chi connectivity index (χ2n) is 3.15. The Hall–Kier alpha value is -1.82. The van der Waals surface area contributed by atoms with Crippen LogP contribution in [-0.2, 0) is 4.74 Å². The average Bonchev–Trinajstić information content (AvgIpc) is 2.80. The molecule has 1 heterocycles. The summed E-state index contributed by atoms with van der Waals surface area (Å²) in [5.74, 6) is -0.822. The molecule has 0 saturated carbocycles. The molecule has 0 aliphatic heterocycles. The highest BCUT2D eigenvalue weighted by Crippen LogP contribution is 2.21. The van der Waals surface area contributed by atoms with Crippen LogP contribution in [0.2, 0.25) is 0 Å². The molecule has 1 aromatic heterocycles. The molecular formula is C11H9FN2O2S. The fourth-order valence-electron chi connectivity index (χ4n) is 1.21. The Labute approximate surface area is 101 Å². The van der Waals surface area contributed by atoms with Gasteiger partial charge in [-0.15, -0.1) is 0 Å². The van der Waals surface area contributed by atoms with Gasteiger partial charge in [0.05, 0.1) is 6.61 Å². The van der Waals surface area contributed by atoms with E-state index >= 15 is 0 Å². The Balaban J connectivity index is 2.23. The quantitative estimate of drug-likeness (QED) is 0.788. The van der Waals surface area contributed by atoms with Crippen molar-refractivity contribution in [2.75, 3.05) is 6.61 Å². The van der Waals surface area contributed by atoms with E-state index < -0.39 is 5.97 Å². The van der Waals surface area contributed by atoms with Crippen LogP contribution in [-0.4, -0.2) is 21.9 Å². The molecule has 0 N–H and O–H groups in total. The first kappa shape index (κ1) is 11.7. The zero-order chi connectivity index (χ0) is 12.3. The van der Waals surface area contributed by atoms with E-state index in [9.17, 15) is 9.18 Å². The molecule has 0 atom stereocenters. The van der Waals surface area contributed by atoms with Crippen LogP contribution in [0, 0.1) is 5.82 Å². The van der Waals surface area contributed by atoms with Crippen molar-refractivity contribution in [3.8, 4) is 10.6 Å². The molecule has 0 spiro atoms. The lowest BCUT2D eigenvalue weighted by Crippen LogP contribution is -2.06. The van der Waals surface area contributed by atoms with Gasteiger partial charge >= 0.3 is 5.97 Å². The first-order valence-corrected chi connectivity index (χ1v) is 5.75. The lowest BCUT2D eigenvalue weighted by atomic mass is 10.2. The number of benzene rings is 1. The number of ether oxygens (including phenoxy) is 1. The number of esters is 1. The molecule has 17 heavy (non-hydrogen) atoms. The zero-order valence-electron chi connectivity index (χ0n) is 9.01. The second-order valence-corrected chi connectivity index (χ2v) is 3.90. The number of hydrogen-bond acceptors (Lipinski definition) is 5. The van der Waals surface area contributed by atoms with E-state index in [4.69, 9.17) is 4.74 Å². The van der Waals surface area contributed by atoms with Gasteiger partial charge in [0.25, 0.3) is 5.82 Å². The number of rotatable bonds is 3. The van der Waals surface area contributed by atoms with Gasteiger partial charge in [-0.05, 0) is 42.7 Å². The lowest BCUT2D eigenvalue weighted by Gasteiger charge is -1.95. The van der Waals surface area contributed by atoms with Gasteiger partial charge in [0.2, 0.25) is 0 Å². The van der Waals surface area contributed by atoms with E-state index in [1.165, 1.54) is 12.1 Å². The van der Waals surface area contributed by atoms with Crippen LogP contribution in [0.4, 0.5) is 4.39 Å². The first-order valence-electron chi connectivity index (χ1n) is 4.97. The van der Waals surface area contributed by atoms with Crippen molar-refractivity contribution in [2.45, 2.75) is 6.92 Å². The standard InChI is InChI=1S/C11H9FN2O2S/c1-2-16-11(15)9-13-10(17-14-9)7-3-5-8(12)6-4-7/h3-6H,2H2,1H3. The molecule has 2 rings (SSSR count). The van der Waals surface area contributed by atoms with Crippen molar-refractivity contribution in [1.29, 1.82) is 0 Å². The van der Waals surface area contributed by atoms with Gasteiger partial charge in [-0.25, -0.2) is 14.2 Å². The molecule has 0 aliphatic carbocycles. The molecule has 2 aromatic rings. The summed E-state index contributed by atoms with van der Waals surface area (Å²) >= 11 is 1.08. The molecule has 0 aliphatic rings. The Morgan fingerprint density at radius 2 is 2.12 bits per heavy atom. The SMILES string of the molecule is CCOC(=O)c1nsc(-c2ccc(F)cc2)n1. The number of aromatic nitrogens is 2. The number of halogens is 1. The third-order valence-electron chi connectivity index (χ3n) is 1.98. The van der Waals surface area contributed by atoms with Crippen molar-refractivity contribution in [3.05, 3.63) is 35.9 Å². The van der Waals surface area contributed by atoms with Gasteiger partial charge in [-0.3, -0.25) is 0 Å². The first-order chi connectivity index (χ1) is 8.20. The van der Waals surface area contributed by atoms with E-state index in [0.717, 1.165) is 17.1 Å². The van der Waals surface area contributed by atoms with Crippen LogP contribution in [0.3, 0.4) is 0 Å². The van der Waals surface area contributed by atoms with E-state index in [1.54, 1.807) is 19.1 Å². The summed E-state index contributed by atoms with van der Waals surface area (Å²) < 4.78 is 21.4. The summed E-state index contributed by atoms with van der Waals surface area (Å²) in [6.07, 6.45) is 0. The van der Waals surface area contributed by atoms with Gasteiger partial charge < -0.3 is 4.74 Å². The third-order valence-corrected chi connectivity index (χ3v) is 2.74.